The van der Waals surface area contributed by atoms with Gasteiger partial charge in [-0.2, -0.15) is 0 Å². The fourth-order valence-electron chi connectivity index (χ4n) is 1.61. The van der Waals surface area contributed by atoms with Crippen LogP contribution in [0.2, 0.25) is 0 Å². The summed E-state index contributed by atoms with van der Waals surface area (Å²) in [5.74, 6) is 0.176. The summed E-state index contributed by atoms with van der Waals surface area (Å²) in [7, 11) is 3.10. The van der Waals surface area contributed by atoms with Gasteiger partial charge >= 0.3 is 5.69 Å². The van der Waals surface area contributed by atoms with Crippen molar-refractivity contribution in [2.24, 2.45) is 0 Å². The summed E-state index contributed by atoms with van der Waals surface area (Å²) in [5.41, 5.74) is 4.87. The summed E-state index contributed by atoms with van der Waals surface area (Å²) in [4.78, 5) is 23.7. The molecule has 18 heavy (non-hydrogen) atoms. The van der Waals surface area contributed by atoms with E-state index in [-0.39, 0.29) is 12.4 Å². The number of aromatic nitrogens is 2. The first kappa shape index (κ1) is 14.5. The highest BCUT2D eigenvalue weighted by Gasteiger charge is 2.08. The number of rotatable bonds is 7. The van der Waals surface area contributed by atoms with Gasteiger partial charge in [-0.15, -0.1) is 0 Å². The second-order valence-corrected chi connectivity index (χ2v) is 3.83. The highest BCUT2D eigenvalue weighted by atomic mass is 16.5. The number of anilines is 1. The number of nitrogens with zero attached hydrogens (tertiary/aromatic N) is 2. The molecule has 102 valence electrons. The van der Waals surface area contributed by atoms with Crippen molar-refractivity contribution < 1.29 is 9.47 Å². The van der Waals surface area contributed by atoms with Crippen LogP contribution < -0.4 is 17.0 Å². The van der Waals surface area contributed by atoms with Gasteiger partial charge in [-0.05, 0) is 6.42 Å². The molecule has 1 aromatic heterocycles. The predicted octanol–water partition coefficient (Wildman–Crippen LogP) is -0.725. The normalized spacial score (nSPS) is 10.8. The molecule has 7 heteroatoms. The molecular formula is C11H19N3O4. The largest absolute Gasteiger partial charge is 0.385 e. The molecule has 2 N–H and O–H groups in total. The molecule has 0 aliphatic rings. The van der Waals surface area contributed by atoms with Crippen LogP contribution in [0.4, 0.5) is 5.82 Å². The minimum absolute atomic E-state index is 0.176. The predicted molar refractivity (Wildman–Crippen MR) is 67.7 cm³/mol. The Morgan fingerprint density at radius 1 is 1.11 bits per heavy atom. The van der Waals surface area contributed by atoms with Crippen LogP contribution in [0, 0.1) is 0 Å². The van der Waals surface area contributed by atoms with E-state index in [9.17, 15) is 9.59 Å². The van der Waals surface area contributed by atoms with E-state index in [0.29, 0.717) is 26.2 Å². The maximum absolute atomic E-state index is 12.1. The number of methoxy groups -OCH3 is 2. The molecule has 0 fully saturated rings. The Hall–Kier alpha value is -1.60. The molecule has 1 heterocycles. The molecule has 0 saturated heterocycles. The third kappa shape index (κ3) is 3.44. The molecule has 1 aromatic rings. The zero-order valence-corrected chi connectivity index (χ0v) is 10.7. The van der Waals surface area contributed by atoms with Gasteiger partial charge in [0.25, 0.3) is 5.56 Å². The Morgan fingerprint density at radius 3 is 2.39 bits per heavy atom. The number of ether oxygens (including phenoxy) is 2. The van der Waals surface area contributed by atoms with E-state index in [1.165, 1.54) is 17.7 Å². The standard InChI is InChI=1S/C11H19N3O4/c1-17-6-3-4-13-9(12)8-10(15)14(11(13)16)5-7-18-2/h8H,3-7,12H2,1-2H3. The molecule has 0 saturated carbocycles. The zero-order chi connectivity index (χ0) is 13.5. The molecule has 0 unspecified atom stereocenters. The third-order valence-corrected chi connectivity index (χ3v) is 2.56. The average molecular weight is 257 g/mol. The fraction of sp³-hybridized carbons (Fsp3) is 0.636. The Balaban J connectivity index is 3.02. The Kier molecular flexibility index (Phi) is 5.60. The van der Waals surface area contributed by atoms with Crippen molar-refractivity contribution in [2.45, 2.75) is 19.5 Å². The second kappa shape index (κ2) is 6.97. The van der Waals surface area contributed by atoms with Crippen LogP contribution in [0.25, 0.3) is 0 Å². The van der Waals surface area contributed by atoms with Gasteiger partial charge < -0.3 is 15.2 Å². The molecule has 0 bridgehead atoms. The van der Waals surface area contributed by atoms with E-state index in [2.05, 4.69) is 0 Å². The maximum atomic E-state index is 12.1. The van der Waals surface area contributed by atoms with Crippen molar-refractivity contribution in [3.8, 4) is 0 Å². The lowest BCUT2D eigenvalue weighted by Gasteiger charge is -2.12. The number of nitrogen functional groups attached to an aromatic ring is 1. The van der Waals surface area contributed by atoms with Crippen LogP contribution in [-0.4, -0.2) is 36.6 Å². The van der Waals surface area contributed by atoms with Gasteiger partial charge in [0, 0.05) is 33.4 Å². The van der Waals surface area contributed by atoms with Crippen LogP contribution in [0.15, 0.2) is 15.7 Å². The first-order chi connectivity index (χ1) is 8.61. The van der Waals surface area contributed by atoms with Gasteiger partial charge in [0.05, 0.1) is 13.2 Å². The van der Waals surface area contributed by atoms with Crippen molar-refractivity contribution >= 4 is 5.82 Å². The molecule has 7 nitrogen and oxygen atoms in total. The van der Waals surface area contributed by atoms with Crippen LogP contribution in [0.1, 0.15) is 6.42 Å². The van der Waals surface area contributed by atoms with Crippen molar-refractivity contribution in [3.05, 3.63) is 26.9 Å². The topological polar surface area (TPSA) is 88.5 Å². The number of hydrogen-bond acceptors (Lipinski definition) is 5. The van der Waals surface area contributed by atoms with Gasteiger partial charge in [-0.1, -0.05) is 0 Å². The monoisotopic (exact) mass is 257 g/mol. The fourth-order valence-corrected chi connectivity index (χ4v) is 1.61. The van der Waals surface area contributed by atoms with Crippen molar-refractivity contribution in [2.75, 3.05) is 33.2 Å². The smallest absolute Gasteiger partial charge is 0.332 e. The number of nitrogens with two attached hydrogens (primary N) is 1. The Labute approximate surface area is 105 Å². The summed E-state index contributed by atoms with van der Waals surface area (Å²) in [5, 5.41) is 0. The summed E-state index contributed by atoms with van der Waals surface area (Å²) >= 11 is 0. The molecular weight excluding hydrogens is 238 g/mol. The SMILES string of the molecule is COCCCn1c(N)cc(=O)n(CCOC)c1=O. The van der Waals surface area contributed by atoms with E-state index in [1.807, 2.05) is 0 Å². The lowest BCUT2D eigenvalue weighted by atomic mass is 10.4. The number of hydrogen-bond donors (Lipinski definition) is 1. The minimum atomic E-state index is -0.409. The van der Waals surface area contributed by atoms with Gasteiger partial charge in [-0.3, -0.25) is 13.9 Å². The van der Waals surface area contributed by atoms with Crippen LogP contribution in [0.3, 0.4) is 0 Å². The van der Waals surface area contributed by atoms with Crippen molar-refractivity contribution in [1.29, 1.82) is 0 Å². The molecule has 0 spiro atoms. The molecule has 0 amide bonds. The first-order valence-electron chi connectivity index (χ1n) is 5.70. The maximum Gasteiger partial charge on any atom is 0.332 e. The first-order valence-corrected chi connectivity index (χ1v) is 5.70. The van der Waals surface area contributed by atoms with Gasteiger partial charge in [-0.25, -0.2) is 4.79 Å². The molecule has 0 aliphatic carbocycles. The summed E-state index contributed by atoms with van der Waals surface area (Å²) in [6.07, 6.45) is 0.656. The molecule has 0 atom stereocenters. The second-order valence-electron chi connectivity index (χ2n) is 3.83. The lowest BCUT2D eigenvalue weighted by Crippen LogP contribution is -2.41. The average Bonchev–Trinajstić information content (AvgIpc) is 2.33. The Morgan fingerprint density at radius 2 is 1.78 bits per heavy atom. The summed E-state index contributed by atoms with van der Waals surface area (Å²) in [6, 6.07) is 1.25. The third-order valence-electron chi connectivity index (χ3n) is 2.56. The Bertz CT molecular complexity index is 492. The highest BCUT2D eigenvalue weighted by molar-refractivity contribution is 5.26. The van der Waals surface area contributed by atoms with Crippen LogP contribution in [-0.2, 0) is 22.6 Å². The van der Waals surface area contributed by atoms with Gasteiger partial charge in [0.2, 0.25) is 0 Å². The lowest BCUT2D eigenvalue weighted by molar-refractivity contribution is 0.182. The zero-order valence-electron chi connectivity index (χ0n) is 10.7. The molecule has 0 aromatic carbocycles. The van der Waals surface area contributed by atoms with Crippen molar-refractivity contribution in [3.63, 3.8) is 0 Å². The van der Waals surface area contributed by atoms with E-state index in [4.69, 9.17) is 15.2 Å². The summed E-state index contributed by atoms with van der Waals surface area (Å²) < 4.78 is 12.3. The minimum Gasteiger partial charge on any atom is -0.385 e. The van der Waals surface area contributed by atoms with Gasteiger partial charge in [0.1, 0.15) is 5.82 Å². The van der Waals surface area contributed by atoms with E-state index in [1.54, 1.807) is 7.11 Å². The van der Waals surface area contributed by atoms with E-state index < -0.39 is 11.2 Å². The molecule has 0 radical (unpaired) electrons. The van der Waals surface area contributed by atoms with Gasteiger partial charge in [0.15, 0.2) is 0 Å². The molecule has 1 rings (SSSR count). The molecule has 0 aliphatic heterocycles. The van der Waals surface area contributed by atoms with Crippen molar-refractivity contribution in [1.82, 2.24) is 9.13 Å². The highest BCUT2D eigenvalue weighted by Crippen LogP contribution is 1.96. The summed E-state index contributed by atoms with van der Waals surface area (Å²) in [6.45, 7) is 1.48. The van der Waals surface area contributed by atoms with Crippen LogP contribution in [0.5, 0.6) is 0 Å². The van der Waals surface area contributed by atoms with Crippen LogP contribution >= 0.6 is 0 Å². The quantitative estimate of drug-likeness (QED) is 0.651. The van der Waals surface area contributed by atoms with E-state index in [0.717, 1.165) is 4.57 Å². The van der Waals surface area contributed by atoms with E-state index >= 15 is 0 Å².